The number of carbonyl (C=O) groups excluding carboxylic acids is 1. The summed E-state index contributed by atoms with van der Waals surface area (Å²) in [7, 11) is 0. The molecule has 0 unspecified atom stereocenters. The van der Waals surface area contributed by atoms with E-state index in [0.717, 1.165) is 0 Å². The van der Waals surface area contributed by atoms with Crippen molar-refractivity contribution in [3.05, 3.63) is 23.5 Å². The lowest BCUT2D eigenvalue weighted by Gasteiger charge is -2.20. The monoisotopic (exact) mass is 335 g/mol. The van der Waals surface area contributed by atoms with Crippen molar-refractivity contribution in [1.29, 1.82) is 0 Å². The Morgan fingerprint density at radius 3 is 2.58 bits per heavy atom. The number of carbonyl (C=O) groups is 2. The highest BCUT2D eigenvalue weighted by molar-refractivity contribution is 5.98. The zero-order valence-corrected chi connectivity index (χ0v) is 14.3. The average Bonchev–Trinajstić information content (AvgIpc) is 2.72. The molecule has 0 aliphatic heterocycles. The highest BCUT2D eigenvalue weighted by Gasteiger charge is 2.21. The summed E-state index contributed by atoms with van der Waals surface area (Å²) in [6.45, 7) is 9.04. The van der Waals surface area contributed by atoms with E-state index in [4.69, 9.17) is 9.47 Å². The molecule has 0 spiro atoms. The second-order valence-electron chi connectivity index (χ2n) is 6.21. The Hall–Kier alpha value is -2.77. The number of fused-ring (bicyclic) bond motifs is 1. The van der Waals surface area contributed by atoms with Crippen molar-refractivity contribution in [3.63, 3.8) is 0 Å². The third-order valence-corrected chi connectivity index (χ3v) is 3.06. The molecule has 1 amide bonds. The van der Waals surface area contributed by atoms with Crippen molar-refractivity contribution >= 4 is 23.3 Å². The van der Waals surface area contributed by atoms with Crippen LogP contribution in [-0.2, 0) is 4.74 Å². The zero-order valence-electron chi connectivity index (χ0n) is 14.3. The quantitative estimate of drug-likeness (QED) is 0.890. The molecule has 0 atom stereocenters. The van der Waals surface area contributed by atoms with Crippen LogP contribution in [-0.4, -0.2) is 39.0 Å². The van der Waals surface area contributed by atoms with E-state index in [9.17, 15) is 14.7 Å². The lowest BCUT2D eigenvalue weighted by atomic mass is 10.2. The molecule has 2 aromatic heterocycles. The van der Waals surface area contributed by atoms with Crippen LogP contribution in [0.2, 0.25) is 0 Å². The molecule has 2 N–H and O–H groups in total. The van der Waals surface area contributed by atoms with Gasteiger partial charge in [-0.2, -0.15) is 5.10 Å². The van der Waals surface area contributed by atoms with E-state index in [1.807, 2.05) is 0 Å². The molecule has 0 radical (unpaired) electrons. The van der Waals surface area contributed by atoms with Crippen LogP contribution in [0, 0.1) is 6.92 Å². The Balaban J connectivity index is 2.49. The number of carboxylic acid groups (broad SMARTS) is 1. The smallest absolute Gasteiger partial charge is 0.412 e. The number of hydrogen-bond acceptors (Lipinski definition) is 5. The first-order chi connectivity index (χ1) is 11.1. The molecule has 0 aliphatic carbocycles. The Kier molecular flexibility index (Phi) is 4.68. The Labute approximate surface area is 139 Å². The van der Waals surface area contributed by atoms with Gasteiger partial charge in [-0.3, -0.25) is 5.32 Å². The van der Waals surface area contributed by atoms with E-state index in [0.29, 0.717) is 29.3 Å². The van der Waals surface area contributed by atoms with Gasteiger partial charge < -0.3 is 14.6 Å². The van der Waals surface area contributed by atoms with Crippen LogP contribution in [0.15, 0.2) is 12.3 Å². The molecule has 0 saturated heterocycles. The standard InChI is InChI=1S/C16H21N3O5/c1-6-23-12-8-19-11(13(14(20)21)9(2)18-19)7-10(12)17-15(22)24-16(3,4)5/h7-8H,6H2,1-5H3,(H,17,22)(H,20,21). The predicted octanol–water partition coefficient (Wildman–Crippen LogP) is 3.09. The number of ether oxygens (including phenoxy) is 2. The van der Waals surface area contributed by atoms with Gasteiger partial charge in [-0.05, 0) is 40.7 Å². The predicted molar refractivity (Wildman–Crippen MR) is 87.9 cm³/mol. The van der Waals surface area contributed by atoms with E-state index in [1.165, 1.54) is 16.8 Å². The largest absolute Gasteiger partial charge is 0.490 e. The maximum atomic E-state index is 12.0. The number of aromatic carboxylic acids is 1. The minimum Gasteiger partial charge on any atom is -0.490 e. The number of nitrogens with zero attached hydrogens (tertiary/aromatic N) is 2. The van der Waals surface area contributed by atoms with Gasteiger partial charge >= 0.3 is 12.1 Å². The maximum Gasteiger partial charge on any atom is 0.412 e. The van der Waals surface area contributed by atoms with Gasteiger partial charge in [0.2, 0.25) is 0 Å². The molecule has 8 heteroatoms. The van der Waals surface area contributed by atoms with E-state index in [1.54, 1.807) is 34.6 Å². The summed E-state index contributed by atoms with van der Waals surface area (Å²) < 4.78 is 12.2. The van der Waals surface area contributed by atoms with Crippen molar-refractivity contribution in [1.82, 2.24) is 9.61 Å². The Bertz CT molecular complexity index is 789. The van der Waals surface area contributed by atoms with Gasteiger partial charge in [-0.25, -0.2) is 14.1 Å². The van der Waals surface area contributed by atoms with Crippen molar-refractivity contribution in [2.75, 3.05) is 11.9 Å². The summed E-state index contributed by atoms with van der Waals surface area (Å²) in [6.07, 6.45) is 0.881. The van der Waals surface area contributed by atoms with E-state index < -0.39 is 17.7 Å². The number of rotatable bonds is 4. The van der Waals surface area contributed by atoms with Gasteiger partial charge in [0.15, 0.2) is 5.75 Å². The number of amides is 1. The summed E-state index contributed by atoms with van der Waals surface area (Å²) in [4.78, 5) is 23.4. The second kappa shape index (κ2) is 6.38. The molecule has 0 aromatic carbocycles. The Morgan fingerprint density at radius 1 is 1.38 bits per heavy atom. The fourth-order valence-electron chi connectivity index (χ4n) is 2.24. The van der Waals surface area contributed by atoms with Gasteiger partial charge in [0.25, 0.3) is 0 Å². The van der Waals surface area contributed by atoms with E-state index >= 15 is 0 Å². The fraction of sp³-hybridized carbons (Fsp3) is 0.438. The lowest BCUT2D eigenvalue weighted by molar-refractivity contribution is 0.0633. The van der Waals surface area contributed by atoms with Crippen LogP contribution in [0.4, 0.5) is 10.5 Å². The first kappa shape index (κ1) is 17.6. The van der Waals surface area contributed by atoms with Crippen LogP contribution in [0.25, 0.3) is 5.52 Å². The van der Waals surface area contributed by atoms with E-state index in [-0.39, 0.29) is 5.56 Å². The molecule has 130 valence electrons. The van der Waals surface area contributed by atoms with Crippen molar-refractivity contribution in [3.8, 4) is 5.75 Å². The van der Waals surface area contributed by atoms with Crippen molar-refractivity contribution in [2.45, 2.75) is 40.2 Å². The maximum absolute atomic E-state index is 12.0. The lowest BCUT2D eigenvalue weighted by Crippen LogP contribution is -2.27. The third kappa shape index (κ3) is 3.76. The molecule has 2 heterocycles. The summed E-state index contributed by atoms with van der Waals surface area (Å²) in [5, 5.41) is 16.1. The van der Waals surface area contributed by atoms with Crippen LogP contribution in [0.3, 0.4) is 0 Å². The number of anilines is 1. The van der Waals surface area contributed by atoms with Crippen LogP contribution >= 0.6 is 0 Å². The molecular weight excluding hydrogens is 314 g/mol. The van der Waals surface area contributed by atoms with Gasteiger partial charge in [-0.1, -0.05) is 0 Å². The number of aryl methyl sites for hydroxylation is 1. The van der Waals surface area contributed by atoms with Crippen LogP contribution in [0.1, 0.15) is 43.7 Å². The highest BCUT2D eigenvalue weighted by atomic mass is 16.6. The molecule has 2 aromatic rings. The normalized spacial score (nSPS) is 11.4. The number of carboxylic acids is 1. The summed E-state index contributed by atoms with van der Waals surface area (Å²) in [5.74, 6) is -0.717. The van der Waals surface area contributed by atoms with Gasteiger partial charge in [0, 0.05) is 0 Å². The minimum absolute atomic E-state index is 0.0743. The number of aromatic nitrogens is 2. The number of pyridine rings is 1. The van der Waals surface area contributed by atoms with Gasteiger partial charge in [0.05, 0.1) is 29.7 Å². The van der Waals surface area contributed by atoms with Gasteiger partial charge in [-0.15, -0.1) is 0 Å². The molecule has 24 heavy (non-hydrogen) atoms. The van der Waals surface area contributed by atoms with E-state index in [2.05, 4.69) is 10.4 Å². The fourth-order valence-corrected chi connectivity index (χ4v) is 2.24. The van der Waals surface area contributed by atoms with Crippen molar-refractivity contribution in [2.24, 2.45) is 0 Å². The van der Waals surface area contributed by atoms with Gasteiger partial charge in [0.1, 0.15) is 11.2 Å². The molecule has 0 fully saturated rings. The third-order valence-electron chi connectivity index (χ3n) is 3.06. The second-order valence-corrected chi connectivity index (χ2v) is 6.21. The average molecular weight is 335 g/mol. The summed E-state index contributed by atoms with van der Waals surface area (Å²) in [6, 6.07) is 1.51. The molecule has 2 rings (SSSR count). The topological polar surface area (TPSA) is 102 Å². The number of hydrogen-bond donors (Lipinski definition) is 2. The van der Waals surface area contributed by atoms with Crippen molar-refractivity contribution < 1.29 is 24.2 Å². The number of nitrogens with one attached hydrogen (secondary N) is 1. The Morgan fingerprint density at radius 2 is 2.04 bits per heavy atom. The zero-order chi connectivity index (χ0) is 18.1. The molecular formula is C16H21N3O5. The molecule has 8 nitrogen and oxygen atoms in total. The minimum atomic E-state index is -1.09. The molecule has 0 aliphatic rings. The first-order valence-electron chi connectivity index (χ1n) is 7.51. The summed E-state index contributed by atoms with van der Waals surface area (Å²) >= 11 is 0. The molecule has 0 saturated carbocycles. The highest BCUT2D eigenvalue weighted by Crippen LogP contribution is 2.29. The first-order valence-corrected chi connectivity index (χ1v) is 7.51. The SMILES string of the molecule is CCOc1cn2nc(C)c(C(=O)O)c2cc1NC(=O)OC(C)(C)C. The summed E-state index contributed by atoms with van der Waals surface area (Å²) in [5.41, 5.74) is 0.472. The van der Waals surface area contributed by atoms with Crippen LogP contribution < -0.4 is 10.1 Å². The van der Waals surface area contributed by atoms with Crippen LogP contribution in [0.5, 0.6) is 5.75 Å². The molecule has 0 bridgehead atoms.